The number of thioether (sulfide) groups is 1. The number of piperazine rings is 1. The van der Waals surface area contributed by atoms with E-state index in [-0.39, 0.29) is 40.8 Å². The molecule has 0 radical (unpaired) electrons. The second kappa shape index (κ2) is 7.76. The lowest BCUT2D eigenvalue weighted by Gasteiger charge is -2.48. The molecule has 1 amide bonds. The van der Waals surface area contributed by atoms with E-state index >= 15 is 0 Å². The molecule has 0 saturated carbocycles. The third-order valence-corrected chi connectivity index (χ3v) is 6.98. The summed E-state index contributed by atoms with van der Waals surface area (Å²) in [6, 6.07) is -0.0923. The van der Waals surface area contributed by atoms with Crippen LogP contribution in [-0.4, -0.2) is 69.1 Å². The zero-order chi connectivity index (χ0) is 22.8. The van der Waals surface area contributed by atoms with E-state index in [1.54, 1.807) is 0 Å². The molecule has 0 unspecified atom stereocenters. The second-order valence-electron chi connectivity index (χ2n) is 9.32. The van der Waals surface area contributed by atoms with E-state index in [9.17, 15) is 9.18 Å². The summed E-state index contributed by atoms with van der Waals surface area (Å²) in [6.45, 7) is 6.55. The molecule has 0 N–H and O–H groups in total. The van der Waals surface area contributed by atoms with Crippen molar-refractivity contribution >= 4 is 46.2 Å². The van der Waals surface area contributed by atoms with Crippen LogP contribution in [0.4, 0.5) is 15.0 Å². The van der Waals surface area contributed by atoms with Gasteiger partial charge in [0.15, 0.2) is 16.1 Å². The molecular formula is C21H25ClFN5O3S. The predicted molar refractivity (Wildman–Crippen MR) is 120 cm³/mol. The molecule has 0 aromatic carbocycles. The fourth-order valence-corrected chi connectivity index (χ4v) is 5.51. The normalized spacial score (nSPS) is 24.6. The number of aromatic nitrogens is 3. The molecule has 3 aliphatic rings. The van der Waals surface area contributed by atoms with E-state index in [4.69, 9.17) is 26.1 Å². The highest BCUT2D eigenvalue weighted by Gasteiger charge is 2.50. The minimum Gasteiger partial charge on any atom is -0.477 e. The van der Waals surface area contributed by atoms with E-state index in [0.717, 1.165) is 12.8 Å². The Hall–Kier alpha value is -2.07. The summed E-state index contributed by atoms with van der Waals surface area (Å²) in [5, 5.41) is 0.608. The molecular weight excluding hydrogens is 457 g/mol. The first-order valence-electron chi connectivity index (χ1n) is 10.7. The molecule has 2 bridgehead atoms. The average molecular weight is 482 g/mol. The zero-order valence-corrected chi connectivity index (χ0v) is 20.0. The van der Waals surface area contributed by atoms with Gasteiger partial charge in [0.1, 0.15) is 22.3 Å². The van der Waals surface area contributed by atoms with Gasteiger partial charge in [-0.1, -0.05) is 23.4 Å². The van der Waals surface area contributed by atoms with Crippen molar-refractivity contribution in [2.75, 3.05) is 24.3 Å². The molecule has 3 atom stereocenters. The molecule has 5 heterocycles. The van der Waals surface area contributed by atoms with Crippen molar-refractivity contribution in [3.63, 3.8) is 0 Å². The number of nitrogens with zero attached hydrogens (tertiary/aromatic N) is 5. The van der Waals surface area contributed by atoms with Gasteiger partial charge in [-0.15, -0.1) is 0 Å². The molecule has 8 nitrogen and oxygen atoms in total. The number of rotatable bonds is 1. The molecule has 2 fully saturated rings. The van der Waals surface area contributed by atoms with Crippen molar-refractivity contribution in [3.05, 3.63) is 11.0 Å². The van der Waals surface area contributed by atoms with E-state index in [1.807, 2.05) is 31.9 Å². The van der Waals surface area contributed by atoms with Gasteiger partial charge in [0, 0.05) is 13.0 Å². The zero-order valence-electron chi connectivity index (χ0n) is 18.4. The van der Waals surface area contributed by atoms with Gasteiger partial charge < -0.3 is 14.4 Å². The third-order valence-electron chi connectivity index (χ3n) is 6.18. The van der Waals surface area contributed by atoms with Crippen LogP contribution >= 0.6 is 23.4 Å². The lowest BCUT2D eigenvalue weighted by molar-refractivity contribution is 0.00637. The van der Waals surface area contributed by atoms with Crippen LogP contribution in [0.25, 0.3) is 10.9 Å². The largest absolute Gasteiger partial charge is 0.477 e. The maximum absolute atomic E-state index is 14.9. The van der Waals surface area contributed by atoms with Crippen molar-refractivity contribution in [1.82, 2.24) is 19.9 Å². The molecule has 0 spiro atoms. The number of pyridine rings is 1. The molecule has 32 heavy (non-hydrogen) atoms. The summed E-state index contributed by atoms with van der Waals surface area (Å²) in [5.74, 6) is 0.151. The Kier molecular flexibility index (Phi) is 5.28. The third kappa shape index (κ3) is 3.51. The van der Waals surface area contributed by atoms with Crippen molar-refractivity contribution in [2.24, 2.45) is 0 Å². The molecule has 0 aliphatic carbocycles. The first-order chi connectivity index (χ1) is 15.2. The number of halogens is 2. The number of fused-ring (bicyclic) bond motifs is 5. The quantitative estimate of drug-likeness (QED) is 0.339. The highest BCUT2D eigenvalue weighted by molar-refractivity contribution is 7.98. The van der Waals surface area contributed by atoms with Crippen LogP contribution in [0, 0.1) is 5.82 Å². The summed E-state index contributed by atoms with van der Waals surface area (Å²) in [7, 11) is 0. The number of hydrogen-bond acceptors (Lipinski definition) is 8. The highest BCUT2D eigenvalue weighted by atomic mass is 35.5. The Morgan fingerprint density at radius 3 is 2.72 bits per heavy atom. The minimum atomic E-state index is -0.680. The van der Waals surface area contributed by atoms with Gasteiger partial charge in [-0.2, -0.15) is 4.98 Å². The second-order valence-corrected chi connectivity index (χ2v) is 10.5. The fourth-order valence-electron chi connectivity index (χ4n) is 4.99. The van der Waals surface area contributed by atoms with E-state index in [1.165, 1.54) is 11.8 Å². The minimum absolute atomic E-state index is 0.0113. The smallest absolute Gasteiger partial charge is 0.410 e. The molecule has 5 rings (SSSR count). The first-order valence-corrected chi connectivity index (χ1v) is 12.3. The van der Waals surface area contributed by atoms with Crippen LogP contribution < -0.4 is 9.64 Å². The van der Waals surface area contributed by atoms with Crippen LogP contribution in [-0.2, 0) is 4.74 Å². The Balaban J connectivity index is 1.62. The maximum atomic E-state index is 14.9. The van der Waals surface area contributed by atoms with Crippen LogP contribution in [0.5, 0.6) is 5.88 Å². The lowest BCUT2D eigenvalue weighted by atomic mass is 9.99. The van der Waals surface area contributed by atoms with Gasteiger partial charge >= 0.3 is 6.09 Å². The van der Waals surface area contributed by atoms with Gasteiger partial charge in [-0.25, -0.2) is 19.2 Å². The molecule has 2 aromatic heterocycles. The summed E-state index contributed by atoms with van der Waals surface area (Å²) in [6.07, 6.45) is 3.96. The topological polar surface area (TPSA) is 80.7 Å². The van der Waals surface area contributed by atoms with Gasteiger partial charge in [-0.05, 0) is 39.9 Å². The molecule has 3 aliphatic heterocycles. The summed E-state index contributed by atoms with van der Waals surface area (Å²) in [5.41, 5.74) is -0.456. The van der Waals surface area contributed by atoms with Crippen LogP contribution in [0.2, 0.25) is 5.15 Å². The van der Waals surface area contributed by atoms with Crippen molar-refractivity contribution in [1.29, 1.82) is 0 Å². The SMILES string of the molecule is CSc1nc2c3c(nc(Cl)c(F)c3n1)OCC[C@H]1[C@H]3CC[C@@H](CN21)N3C(=O)OC(C)(C)C. The monoisotopic (exact) mass is 481 g/mol. The Labute approximate surface area is 194 Å². The van der Waals surface area contributed by atoms with Gasteiger partial charge in [-0.3, -0.25) is 4.90 Å². The number of carbonyl (C=O) groups is 1. The molecule has 2 aromatic rings. The van der Waals surface area contributed by atoms with Crippen LogP contribution in [0.3, 0.4) is 0 Å². The van der Waals surface area contributed by atoms with E-state index in [2.05, 4.69) is 14.9 Å². The van der Waals surface area contributed by atoms with Gasteiger partial charge in [0.2, 0.25) is 5.88 Å². The number of hydrogen-bond donors (Lipinski definition) is 0. The predicted octanol–water partition coefficient (Wildman–Crippen LogP) is 4.28. The van der Waals surface area contributed by atoms with Crippen molar-refractivity contribution in [3.8, 4) is 5.88 Å². The summed E-state index contributed by atoms with van der Waals surface area (Å²) in [4.78, 5) is 30.4. The number of amides is 1. The first kappa shape index (κ1) is 21.8. The summed E-state index contributed by atoms with van der Waals surface area (Å²) < 4.78 is 26.6. The van der Waals surface area contributed by atoms with Crippen molar-refractivity contribution in [2.45, 2.75) is 68.9 Å². The van der Waals surface area contributed by atoms with Crippen LogP contribution in [0.1, 0.15) is 40.0 Å². The standard InChI is InChI=1S/C21H25ClFN5O3S/c1-21(2,3)31-20(29)28-10-5-6-12(28)11-7-8-30-18-13-15(14(23)16(22)25-18)24-19(32-4)26-17(13)27(11)9-10/h10-12H,5-9H2,1-4H3/t10-,11-,12+/m0/s1. The Morgan fingerprint density at radius 1 is 1.22 bits per heavy atom. The Bertz CT molecular complexity index is 1100. The molecule has 172 valence electrons. The van der Waals surface area contributed by atoms with E-state index < -0.39 is 11.4 Å². The van der Waals surface area contributed by atoms with Gasteiger partial charge in [0.25, 0.3) is 0 Å². The summed E-state index contributed by atoms with van der Waals surface area (Å²) >= 11 is 7.37. The lowest BCUT2D eigenvalue weighted by Crippen LogP contribution is -2.62. The van der Waals surface area contributed by atoms with Crippen LogP contribution in [0.15, 0.2) is 5.16 Å². The van der Waals surface area contributed by atoms with Crippen molar-refractivity contribution < 1.29 is 18.7 Å². The highest BCUT2D eigenvalue weighted by Crippen LogP contribution is 2.44. The molecule has 11 heteroatoms. The Morgan fingerprint density at radius 2 is 2.00 bits per heavy atom. The molecule has 2 saturated heterocycles. The average Bonchev–Trinajstić information content (AvgIpc) is 3.05. The maximum Gasteiger partial charge on any atom is 0.410 e. The number of carbonyl (C=O) groups excluding carboxylic acids is 1. The fraction of sp³-hybridized carbons (Fsp3) is 0.619. The number of anilines is 1. The van der Waals surface area contributed by atoms with Gasteiger partial charge in [0.05, 0.1) is 24.7 Å². The van der Waals surface area contributed by atoms with E-state index in [0.29, 0.717) is 35.9 Å². The number of ether oxygens (including phenoxy) is 2.